The predicted molar refractivity (Wildman–Crippen MR) is 98.7 cm³/mol. The molecular weight excluding hydrogens is 334 g/mol. The molecule has 0 radical (unpaired) electrons. The first kappa shape index (κ1) is 19.3. The highest BCUT2D eigenvalue weighted by Crippen LogP contribution is 2.18. The van der Waals surface area contributed by atoms with E-state index in [2.05, 4.69) is 5.32 Å². The summed E-state index contributed by atoms with van der Waals surface area (Å²) in [6, 6.07) is 14.5. The van der Waals surface area contributed by atoms with Crippen molar-refractivity contribution in [3.8, 4) is 11.5 Å². The summed E-state index contributed by atoms with van der Waals surface area (Å²) in [6.45, 7) is 2.16. The highest BCUT2D eigenvalue weighted by molar-refractivity contribution is 5.90. The first-order valence-electron chi connectivity index (χ1n) is 8.47. The van der Waals surface area contributed by atoms with Crippen LogP contribution in [0.1, 0.15) is 24.8 Å². The molecule has 2 aromatic rings. The van der Waals surface area contributed by atoms with Crippen LogP contribution in [-0.2, 0) is 9.59 Å². The summed E-state index contributed by atoms with van der Waals surface area (Å²) in [6.07, 6.45) is 1.88. The van der Waals surface area contributed by atoms with Crippen LogP contribution in [0.15, 0.2) is 48.5 Å². The largest absolute Gasteiger partial charge is 0.494 e. The van der Waals surface area contributed by atoms with Crippen LogP contribution in [0, 0.1) is 6.92 Å². The van der Waals surface area contributed by atoms with Gasteiger partial charge in [0.2, 0.25) is 5.91 Å². The van der Waals surface area contributed by atoms with E-state index in [1.165, 1.54) is 0 Å². The van der Waals surface area contributed by atoms with Gasteiger partial charge in [-0.05, 0) is 49.6 Å². The lowest BCUT2D eigenvalue weighted by molar-refractivity contribution is -0.139. The van der Waals surface area contributed by atoms with Crippen LogP contribution in [0.5, 0.6) is 11.5 Å². The van der Waals surface area contributed by atoms with Gasteiger partial charge in [-0.3, -0.25) is 4.79 Å². The van der Waals surface area contributed by atoms with Crippen molar-refractivity contribution in [3.63, 3.8) is 0 Å². The van der Waals surface area contributed by atoms with Crippen LogP contribution < -0.4 is 14.8 Å². The number of rotatable bonds is 10. The van der Waals surface area contributed by atoms with E-state index < -0.39 is 12.6 Å². The normalized spacial score (nSPS) is 10.2. The first-order chi connectivity index (χ1) is 12.5. The number of benzene rings is 2. The standard InChI is InChI=1S/C20H23NO5/c1-15-6-4-8-17(12-15)25-11-3-2-10-19(22)21-16-7-5-9-18(13-16)26-14-20(23)24/h4-9,12-13H,2-3,10-11,14H2,1H3,(H,21,22)(H,23,24). The first-order valence-corrected chi connectivity index (χ1v) is 8.47. The molecule has 138 valence electrons. The minimum absolute atomic E-state index is 0.101. The number of aryl methyl sites for hydroxylation is 1. The molecule has 0 bridgehead atoms. The maximum atomic E-state index is 12.0. The molecule has 0 fully saturated rings. The molecule has 2 rings (SSSR count). The number of carbonyl (C=O) groups excluding carboxylic acids is 1. The Kier molecular flexibility index (Phi) is 7.49. The lowest BCUT2D eigenvalue weighted by atomic mass is 10.2. The van der Waals surface area contributed by atoms with E-state index in [0.29, 0.717) is 30.9 Å². The monoisotopic (exact) mass is 357 g/mol. The van der Waals surface area contributed by atoms with Gasteiger partial charge in [0.25, 0.3) is 0 Å². The number of amides is 1. The maximum Gasteiger partial charge on any atom is 0.341 e. The van der Waals surface area contributed by atoms with Crippen molar-refractivity contribution in [2.24, 2.45) is 0 Å². The quantitative estimate of drug-likeness (QED) is 0.634. The molecule has 0 heterocycles. The molecule has 0 aromatic heterocycles. The fourth-order valence-electron chi connectivity index (χ4n) is 2.31. The van der Waals surface area contributed by atoms with Gasteiger partial charge in [0, 0.05) is 18.2 Å². The third kappa shape index (κ3) is 7.25. The Hall–Kier alpha value is -3.02. The second-order valence-electron chi connectivity index (χ2n) is 5.88. The van der Waals surface area contributed by atoms with E-state index in [1.54, 1.807) is 24.3 Å². The number of nitrogens with one attached hydrogen (secondary N) is 1. The number of carboxylic acid groups (broad SMARTS) is 1. The molecule has 26 heavy (non-hydrogen) atoms. The summed E-state index contributed by atoms with van der Waals surface area (Å²) in [5.41, 5.74) is 1.73. The van der Waals surface area contributed by atoms with E-state index in [0.717, 1.165) is 17.7 Å². The Labute approximate surface area is 152 Å². The minimum atomic E-state index is -1.05. The number of carbonyl (C=O) groups is 2. The van der Waals surface area contributed by atoms with E-state index in [-0.39, 0.29) is 5.91 Å². The van der Waals surface area contributed by atoms with Crippen molar-refractivity contribution in [1.29, 1.82) is 0 Å². The molecule has 6 nitrogen and oxygen atoms in total. The third-order valence-electron chi connectivity index (χ3n) is 3.54. The van der Waals surface area contributed by atoms with Crippen LogP contribution in [0.2, 0.25) is 0 Å². The third-order valence-corrected chi connectivity index (χ3v) is 3.54. The molecule has 2 N–H and O–H groups in total. The number of unbranched alkanes of at least 4 members (excludes halogenated alkanes) is 1. The Bertz CT molecular complexity index is 744. The van der Waals surface area contributed by atoms with Crippen molar-refractivity contribution in [1.82, 2.24) is 0 Å². The zero-order chi connectivity index (χ0) is 18.8. The molecule has 2 aromatic carbocycles. The molecule has 0 spiro atoms. The molecule has 0 aliphatic carbocycles. The fourth-order valence-corrected chi connectivity index (χ4v) is 2.31. The van der Waals surface area contributed by atoms with Crippen LogP contribution in [0.4, 0.5) is 5.69 Å². The van der Waals surface area contributed by atoms with Gasteiger partial charge in [0.05, 0.1) is 6.61 Å². The van der Waals surface area contributed by atoms with E-state index in [9.17, 15) is 9.59 Å². The smallest absolute Gasteiger partial charge is 0.341 e. The summed E-state index contributed by atoms with van der Waals surface area (Å²) in [7, 11) is 0. The summed E-state index contributed by atoms with van der Waals surface area (Å²) in [5.74, 6) is 0.0904. The van der Waals surface area contributed by atoms with E-state index >= 15 is 0 Å². The minimum Gasteiger partial charge on any atom is -0.494 e. The van der Waals surface area contributed by atoms with Gasteiger partial charge in [0.1, 0.15) is 11.5 Å². The highest BCUT2D eigenvalue weighted by Gasteiger charge is 2.05. The van der Waals surface area contributed by atoms with Gasteiger partial charge in [-0.15, -0.1) is 0 Å². The average molecular weight is 357 g/mol. The summed E-state index contributed by atoms with van der Waals surface area (Å²) >= 11 is 0. The van der Waals surface area contributed by atoms with Crippen LogP contribution in [0.3, 0.4) is 0 Å². The van der Waals surface area contributed by atoms with Gasteiger partial charge in [0.15, 0.2) is 6.61 Å². The summed E-state index contributed by atoms with van der Waals surface area (Å²) < 4.78 is 10.7. The van der Waals surface area contributed by atoms with Crippen LogP contribution >= 0.6 is 0 Å². The molecule has 0 saturated heterocycles. The molecular formula is C20H23NO5. The lowest BCUT2D eigenvalue weighted by Crippen LogP contribution is -2.12. The van der Waals surface area contributed by atoms with E-state index in [4.69, 9.17) is 14.6 Å². The van der Waals surface area contributed by atoms with Crippen molar-refractivity contribution < 1.29 is 24.2 Å². The van der Waals surface area contributed by atoms with Gasteiger partial charge in [-0.2, -0.15) is 0 Å². The SMILES string of the molecule is Cc1cccc(OCCCCC(=O)Nc2cccc(OCC(=O)O)c2)c1. The summed E-state index contributed by atoms with van der Waals surface area (Å²) in [5, 5.41) is 11.4. The van der Waals surface area contributed by atoms with Gasteiger partial charge >= 0.3 is 5.97 Å². The Morgan fingerprint density at radius 2 is 1.73 bits per heavy atom. The number of carboxylic acids is 1. The highest BCUT2D eigenvalue weighted by atomic mass is 16.5. The second-order valence-corrected chi connectivity index (χ2v) is 5.88. The fraction of sp³-hybridized carbons (Fsp3) is 0.300. The van der Waals surface area contributed by atoms with Crippen molar-refractivity contribution >= 4 is 17.6 Å². The molecule has 1 amide bonds. The predicted octanol–water partition coefficient (Wildman–Crippen LogP) is 3.65. The molecule has 0 saturated carbocycles. The number of anilines is 1. The zero-order valence-corrected chi connectivity index (χ0v) is 14.7. The Balaban J connectivity index is 1.67. The number of aliphatic carboxylic acids is 1. The van der Waals surface area contributed by atoms with Crippen molar-refractivity contribution in [2.45, 2.75) is 26.2 Å². The van der Waals surface area contributed by atoms with Crippen molar-refractivity contribution in [3.05, 3.63) is 54.1 Å². The molecule has 0 aliphatic rings. The van der Waals surface area contributed by atoms with Crippen LogP contribution in [0.25, 0.3) is 0 Å². The average Bonchev–Trinajstić information content (AvgIpc) is 2.60. The topological polar surface area (TPSA) is 84.9 Å². The van der Waals surface area contributed by atoms with Gasteiger partial charge in [-0.25, -0.2) is 4.79 Å². The number of ether oxygens (including phenoxy) is 2. The number of hydrogen-bond acceptors (Lipinski definition) is 4. The molecule has 6 heteroatoms. The van der Waals surface area contributed by atoms with Crippen LogP contribution in [-0.4, -0.2) is 30.2 Å². The van der Waals surface area contributed by atoms with E-state index in [1.807, 2.05) is 31.2 Å². The Morgan fingerprint density at radius 1 is 1.00 bits per heavy atom. The summed E-state index contributed by atoms with van der Waals surface area (Å²) in [4.78, 5) is 22.5. The Morgan fingerprint density at radius 3 is 2.46 bits per heavy atom. The maximum absolute atomic E-state index is 12.0. The molecule has 0 unspecified atom stereocenters. The number of hydrogen-bond donors (Lipinski definition) is 2. The lowest BCUT2D eigenvalue weighted by Gasteiger charge is -2.09. The zero-order valence-electron chi connectivity index (χ0n) is 14.7. The molecule has 0 aliphatic heterocycles. The van der Waals surface area contributed by atoms with Gasteiger partial charge < -0.3 is 19.9 Å². The second kappa shape index (κ2) is 10.1. The van der Waals surface area contributed by atoms with Crippen molar-refractivity contribution in [2.75, 3.05) is 18.5 Å². The molecule has 0 atom stereocenters. The van der Waals surface area contributed by atoms with Gasteiger partial charge in [-0.1, -0.05) is 18.2 Å².